The van der Waals surface area contributed by atoms with E-state index in [1.54, 1.807) is 0 Å². The highest BCUT2D eigenvalue weighted by Crippen LogP contribution is 2.46. The van der Waals surface area contributed by atoms with Crippen LogP contribution in [-0.2, 0) is 0 Å². The van der Waals surface area contributed by atoms with E-state index >= 15 is 0 Å². The lowest BCUT2D eigenvalue weighted by Crippen LogP contribution is -2.41. The van der Waals surface area contributed by atoms with Crippen molar-refractivity contribution < 1.29 is 4.80 Å². The Morgan fingerprint density at radius 2 is 1.46 bits per heavy atom. The van der Waals surface area contributed by atoms with Crippen molar-refractivity contribution in [2.75, 3.05) is 0 Å². The molecular weight excluding hydrogens is 176 g/mol. The number of rotatable bonds is 4. The van der Waals surface area contributed by atoms with E-state index < -0.39 is 8.32 Å². The maximum Gasteiger partial charge on any atom is 0.188 e. The quantitative estimate of drug-likeness (QED) is 0.688. The van der Waals surface area contributed by atoms with Gasteiger partial charge in [0.05, 0.1) is 0 Å². The molecule has 0 heterocycles. The third kappa shape index (κ3) is 3.82. The molecular formula is C11H26OSi. The van der Waals surface area contributed by atoms with Crippen LogP contribution in [0.5, 0.6) is 0 Å². The van der Waals surface area contributed by atoms with Crippen molar-refractivity contribution >= 4 is 8.32 Å². The summed E-state index contributed by atoms with van der Waals surface area (Å²) in [5, 5.41) is 0.118. The summed E-state index contributed by atoms with van der Waals surface area (Å²) in [5.41, 5.74) is 0.358. The van der Waals surface area contributed by atoms with Crippen LogP contribution in [0.25, 0.3) is 0 Å². The Balaban J connectivity index is 4.52. The summed E-state index contributed by atoms with van der Waals surface area (Å²) >= 11 is 0. The molecule has 0 radical (unpaired) electrons. The van der Waals surface area contributed by atoms with Gasteiger partial charge in [-0.15, -0.1) is 0 Å². The second-order valence-corrected chi connectivity index (χ2v) is 10.6. The summed E-state index contributed by atoms with van der Waals surface area (Å²) < 4.78 is 0. The lowest BCUT2D eigenvalue weighted by molar-refractivity contribution is 0.266. The first-order valence-corrected chi connectivity index (χ1v) is 8.19. The second kappa shape index (κ2) is 3.74. The van der Waals surface area contributed by atoms with E-state index in [1.807, 2.05) is 13.1 Å². The van der Waals surface area contributed by atoms with Gasteiger partial charge in [-0.05, 0) is 30.0 Å². The largest absolute Gasteiger partial charge is 0.432 e. The molecule has 0 saturated carbocycles. The summed E-state index contributed by atoms with van der Waals surface area (Å²) in [7, 11) is -2.01. The summed E-state index contributed by atoms with van der Waals surface area (Å²) in [6.07, 6.45) is 2.30. The first kappa shape index (κ1) is 13.2. The van der Waals surface area contributed by atoms with Crippen molar-refractivity contribution in [2.45, 2.75) is 65.6 Å². The summed E-state index contributed by atoms with van der Waals surface area (Å²) in [6.45, 7) is 15.3. The average Bonchev–Trinajstić information content (AvgIpc) is 1.83. The molecule has 1 N–H and O–H groups in total. The molecule has 0 bridgehead atoms. The van der Waals surface area contributed by atoms with Crippen molar-refractivity contribution in [3.63, 3.8) is 0 Å². The van der Waals surface area contributed by atoms with Crippen molar-refractivity contribution in [2.24, 2.45) is 5.41 Å². The highest BCUT2D eigenvalue weighted by molar-refractivity contribution is 6.72. The Morgan fingerprint density at radius 3 is 1.69 bits per heavy atom. The minimum Gasteiger partial charge on any atom is -0.432 e. The fourth-order valence-electron chi connectivity index (χ4n) is 1.54. The molecule has 0 aliphatic heterocycles. The van der Waals surface area contributed by atoms with Crippen LogP contribution in [0.2, 0.25) is 18.1 Å². The molecule has 80 valence electrons. The molecule has 0 aliphatic rings. The Morgan fingerprint density at radius 1 is 1.08 bits per heavy atom. The SMILES string of the molecule is CCC(C)(C)CC(C)(C)[Si](C)(C)O. The van der Waals surface area contributed by atoms with Gasteiger partial charge in [0.15, 0.2) is 8.32 Å². The van der Waals surface area contributed by atoms with Crippen LogP contribution in [-0.4, -0.2) is 13.1 Å². The van der Waals surface area contributed by atoms with E-state index in [4.69, 9.17) is 0 Å². The zero-order chi connectivity index (χ0) is 10.9. The van der Waals surface area contributed by atoms with Crippen LogP contribution >= 0.6 is 0 Å². The first-order chi connectivity index (χ1) is 5.52. The van der Waals surface area contributed by atoms with Crippen LogP contribution in [0.3, 0.4) is 0 Å². The number of hydrogen-bond donors (Lipinski definition) is 1. The summed E-state index contributed by atoms with van der Waals surface area (Å²) in [6, 6.07) is 0. The maximum atomic E-state index is 10.1. The normalized spacial score (nSPS) is 14.8. The molecule has 13 heavy (non-hydrogen) atoms. The third-order valence-electron chi connectivity index (χ3n) is 3.53. The molecule has 0 fully saturated rings. The number of hydrogen-bond acceptors (Lipinski definition) is 1. The zero-order valence-electron chi connectivity index (χ0n) is 10.4. The van der Waals surface area contributed by atoms with E-state index in [1.165, 1.54) is 6.42 Å². The molecule has 0 aromatic heterocycles. The van der Waals surface area contributed by atoms with Crippen LogP contribution in [0.1, 0.15) is 47.5 Å². The van der Waals surface area contributed by atoms with E-state index in [0.717, 1.165) is 6.42 Å². The van der Waals surface area contributed by atoms with E-state index in [9.17, 15) is 4.80 Å². The highest BCUT2D eigenvalue weighted by Gasteiger charge is 2.41. The first-order valence-electron chi connectivity index (χ1n) is 5.24. The zero-order valence-corrected chi connectivity index (χ0v) is 11.4. The molecule has 0 aromatic rings. The fourth-order valence-corrected chi connectivity index (χ4v) is 2.45. The molecule has 0 spiro atoms. The van der Waals surface area contributed by atoms with Gasteiger partial charge in [0.2, 0.25) is 0 Å². The molecule has 0 saturated heterocycles. The van der Waals surface area contributed by atoms with Gasteiger partial charge in [-0.1, -0.05) is 41.0 Å². The maximum absolute atomic E-state index is 10.1. The predicted molar refractivity (Wildman–Crippen MR) is 62.4 cm³/mol. The van der Waals surface area contributed by atoms with Gasteiger partial charge < -0.3 is 4.80 Å². The molecule has 0 aromatic carbocycles. The average molecular weight is 202 g/mol. The smallest absolute Gasteiger partial charge is 0.188 e. The molecule has 2 heteroatoms. The molecule has 0 atom stereocenters. The van der Waals surface area contributed by atoms with Gasteiger partial charge in [-0.3, -0.25) is 0 Å². The monoisotopic (exact) mass is 202 g/mol. The van der Waals surface area contributed by atoms with Crippen molar-refractivity contribution in [3.05, 3.63) is 0 Å². The second-order valence-electron chi connectivity index (χ2n) is 6.14. The van der Waals surface area contributed by atoms with Crippen LogP contribution < -0.4 is 0 Å². The molecule has 0 rings (SSSR count). The van der Waals surface area contributed by atoms with Crippen LogP contribution in [0, 0.1) is 5.41 Å². The topological polar surface area (TPSA) is 20.2 Å². The molecule has 1 nitrogen and oxygen atoms in total. The Hall–Kier alpha value is 0.177. The van der Waals surface area contributed by atoms with Gasteiger partial charge in [0.25, 0.3) is 0 Å². The molecule has 0 aliphatic carbocycles. The summed E-state index contributed by atoms with van der Waals surface area (Å²) in [4.78, 5) is 10.1. The van der Waals surface area contributed by atoms with Crippen LogP contribution in [0.15, 0.2) is 0 Å². The molecule has 0 unspecified atom stereocenters. The van der Waals surface area contributed by atoms with Gasteiger partial charge in [-0.2, -0.15) is 0 Å². The van der Waals surface area contributed by atoms with Crippen LogP contribution in [0.4, 0.5) is 0 Å². The minimum absolute atomic E-state index is 0.118. The van der Waals surface area contributed by atoms with Crippen molar-refractivity contribution in [1.82, 2.24) is 0 Å². The summed E-state index contributed by atoms with van der Waals surface area (Å²) in [5.74, 6) is 0. The lowest BCUT2D eigenvalue weighted by Gasteiger charge is -2.41. The lowest BCUT2D eigenvalue weighted by atomic mass is 9.81. The standard InChI is InChI=1S/C11H26OSi/c1-8-10(2,3)9-11(4,5)13(6,7)12/h12H,8-9H2,1-7H3. The van der Waals surface area contributed by atoms with Gasteiger partial charge in [0.1, 0.15) is 0 Å². The van der Waals surface area contributed by atoms with E-state index in [0.29, 0.717) is 5.41 Å². The van der Waals surface area contributed by atoms with Gasteiger partial charge in [0, 0.05) is 0 Å². The Kier molecular flexibility index (Phi) is 3.79. The Bertz CT molecular complexity index is 165. The van der Waals surface area contributed by atoms with Gasteiger partial charge in [-0.25, -0.2) is 0 Å². The highest BCUT2D eigenvalue weighted by atomic mass is 28.4. The Labute approximate surface area is 84.7 Å². The minimum atomic E-state index is -2.01. The fraction of sp³-hybridized carbons (Fsp3) is 1.00. The predicted octanol–water partition coefficient (Wildman–Crippen LogP) is 3.79. The van der Waals surface area contributed by atoms with Crippen molar-refractivity contribution in [3.8, 4) is 0 Å². The third-order valence-corrected chi connectivity index (χ3v) is 7.02. The van der Waals surface area contributed by atoms with E-state index in [2.05, 4.69) is 34.6 Å². The van der Waals surface area contributed by atoms with E-state index in [-0.39, 0.29) is 5.04 Å². The molecule has 0 amide bonds. The van der Waals surface area contributed by atoms with Gasteiger partial charge >= 0.3 is 0 Å². The van der Waals surface area contributed by atoms with Crippen molar-refractivity contribution in [1.29, 1.82) is 0 Å².